The molecule has 0 bridgehead atoms. The number of carboxylic acids is 1. The zero-order valence-corrected chi connectivity index (χ0v) is 16.5. The van der Waals surface area contributed by atoms with Gasteiger partial charge in [-0.05, 0) is 27.2 Å². The van der Waals surface area contributed by atoms with Crippen molar-refractivity contribution in [3.05, 3.63) is 0 Å². The van der Waals surface area contributed by atoms with Gasteiger partial charge in [-0.1, -0.05) is 13.3 Å². The van der Waals surface area contributed by atoms with Crippen LogP contribution in [0.2, 0.25) is 0 Å². The molecule has 1 saturated heterocycles. The van der Waals surface area contributed by atoms with Crippen LogP contribution in [-0.4, -0.2) is 77.6 Å². The average Bonchev–Trinajstić information content (AvgIpc) is 2.46. The molecule has 0 aliphatic carbocycles. The largest absolute Gasteiger partial charge is 0.481 e. The van der Waals surface area contributed by atoms with Gasteiger partial charge in [0, 0.05) is 13.1 Å². The molecule has 1 rings (SSSR count). The molecular formula is C16H28N2O7S. The van der Waals surface area contributed by atoms with E-state index in [2.05, 4.69) is 0 Å². The van der Waals surface area contributed by atoms with Crippen LogP contribution in [0.1, 0.15) is 47.0 Å². The fourth-order valence-electron chi connectivity index (χ4n) is 2.64. The van der Waals surface area contributed by atoms with Gasteiger partial charge in [0.05, 0.1) is 12.2 Å². The lowest BCUT2D eigenvalue weighted by molar-refractivity contribution is -0.161. The fourth-order valence-corrected chi connectivity index (χ4v) is 4.44. The summed E-state index contributed by atoms with van der Waals surface area (Å²) in [6.07, 6.45) is 0.443. The third kappa shape index (κ3) is 6.56. The standard InChI is InChI=1S/C16H28N2O7S/c1-5-6-9-26(23,24)18-8-7-17(11-14(21)25-16(2,3)4)15(22)12(18)10-13(19)20/h12H,5-11H2,1-4H3,(H,19,20). The predicted molar refractivity (Wildman–Crippen MR) is 93.9 cm³/mol. The molecule has 1 amide bonds. The smallest absolute Gasteiger partial charge is 0.326 e. The molecule has 1 aliphatic rings. The van der Waals surface area contributed by atoms with E-state index in [1.54, 1.807) is 20.8 Å². The Hall–Kier alpha value is -1.68. The van der Waals surface area contributed by atoms with Crippen molar-refractivity contribution in [3.8, 4) is 0 Å². The maximum Gasteiger partial charge on any atom is 0.326 e. The first-order valence-electron chi connectivity index (χ1n) is 8.59. The predicted octanol–water partition coefficient (Wildman–Crippen LogP) is 0.446. The summed E-state index contributed by atoms with van der Waals surface area (Å²) in [5.41, 5.74) is -0.716. The van der Waals surface area contributed by atoms with E-state index in [1.807, 2.05) is 6.92 Å². The van der Waals surface area contributed by atoms with Crippen molar-refractivity contribution in [2.75, 3.05) is 25.4 Å². The fraction of sp³-hybridized carbons (Fsp3) is 0.812. The maximum absolute atomic E-state index is 12.6. The molecular weight excluding hydrogens is 364 g/mol. The van der Waals surface area contributed by atoms with Crippen LogP contribution in [0.4, 0.5) is 0 Å². The Morgan fingerprint density at radius 1 is 1.27 bits per heavy atom. The molecule has 0 aromatic carbocycles. The first kappa shape index (κ1) is 22.4. The first-order chi connectivity index (χ1) is 11.9. The van der Waals surface area contributed by atoms with Gasteiger partial charge in [0.25, 0.3) is 0 Å². The van der Waals surface area contributed by atoms with E-state index in [0.29, 0.717) is 12.8 Å². The van der Waals surface area contributed by atoms with Crippen molar-refractivity contribution >= 4 is 27.9 Å². The van der Waals surface area contributed by atoms with Gasteiger partial charge in [0.15, 0.2) is 0 Å². The van der Waals surface area contributed by atoms with Gasteiger partial charge in [-0.15, -0.1) is 0 Å². The highest BCUT2D eigenvalue weighted by atomic mass is 32.2. The van der Waals surface area contributed by atoms with Crippen LogP contribution >= 0.6 is 0 Å². The number of amides is 1. The molecule has 1 unspecified atom stereocenters. The molecule has 9 nitrogen and oxygen atoms in total. The second kappa shape index (κ2) is 8.81. The normalized spacial score (nSPS) is 19.5. The number of ether oxygens (including phenoxy) is 1. The third-order valence-electron chi connectivity index (χ3n) is 3.76. The number of aliphatic carboxylic acids is 1. The Morgan fingerprint density at radius 3 is 2.38 bits per heavy atom. The number of hydrogen-bond donors (Lipinski definition) is 1. The summed E-state index contributed by atoms with van der Waals surface area (Å²) >= 11 is 0. The van der Waals surface area contributed by atoms with E-state index in [-0.39, 0.29) is 25.4 Å². The number of carbonyl (C=O) groups is 3. The lowest BCUT2D eigenvalue weighted by Crippen LogP contribution is -2.60. The van der Waals surface area contributed by atoms with Crippen molar-refractivity contribution in [2.45, 2.75) is 58.6 Å². The molecule has 1 fully saturated rings. The number of carbonyl (C=O) groups excluding carboxylic acids is 2. The molecule has 10 heteroatoms. The summed E-state index contributed by atoms with van der Waals surface area (Å²) in [6.45, 7) is 6.55. The van der Waals surface area contributed by atoms with Gasteiger partial charge in [-0.2, -0.15) is 4.31 Å². The summed E-state index contributed by atoms with van der Waals surface area (Å²) in [6, 6.07) is -1.34. The number of rotatable bonds is 8. The van der Waals surface area contributed by atoms with Crippen LogP contribution < -0.4 is 0 Å². The lowest BCUT2D eigenvalue weighted by Gasteiger charge is -2.39. The molecule has 0 saturated carbocycles. The molecule has 1 atom stereocenters. The summed E-state index contributed by atoms with van der Waals surface area (Å²) in [4.78, 5) is 36.9. The molecule has 0 radical (unpaired) electrons. The Morgan fingerprint density at radius 2 is 1.88 bits per heavy atom. The number of piperazine rings is 1. The Kier molecular flexibility index (Phi) is 7.57. The van der Waals surface area contributed by atoms with E-state index < -0.39 is 45.9 Å². The summed E-state index contributed by atoms with van der Waals surface area (Å²) in [5, 5.41) is 9.08. The molecule has 1 aliphatic heterocycles. The molecule has 1 N–H and O–H groups in total. The Bertz CT molecular complexity index is 639. The minimum absolute atomic E-state index is 0.0134. The Labute approximate surface area is 154 Å². The van der Waals surface area contributed by atoms with E-state index >= 15 is 0 Å². The van der Waals surface area contributed by atoms with Crippen LogP contribution in [0.15, 0.2) is 0 Å². The van der Waals surface area contributed by atoms with Crippen molar-refractivity contribution in [1.82, 2.24) is 9.21 Å². The van der Waals surface area contributed by atoms with Crippen LogP contribution in [0.5, 0.6) is 0 Å². The summed E-state index contributed by atoms with van der Waals surface area (Å²) in [5.74, 6) is -2.73. The molecule has 0 aromatic rings. The van der Waals surface area contributed by atoms with Gasteiger partial charge >= 0.3 is 11.9 Å². The van der Waals surface area contributed by atoms with Crippen LogP contribution in [-0.2, 0) is 29.1 Å². The maximum atomic E-state index is 12.6. The van der Waals surface area contributed by atoms with Crippen molar-refractivity contribution < 1.29 is 32.6 Å². The van der Waals surface area contributed by atoms with E-state index in [4.69, 9.17) is 9.84 Å². The number of unbranched alkanes of at least 4 members (excludes halogenated alkanes) is 1. The minimum Gasteiger partial charge on any atom is -0.481 e. The third-order valence-corrected chi connectivity index (χ3v) is 5.71. The van der Waals surface area contributed by atoms with Gasteiger partial charge < -0.3 is 14.7 Å². The summed E-state index contributed by atoms with van der Waals surface area (Å²) < 4.78 is 31.1. The van der Waals surface area contributed by atoms with E-state index in [9.17, 15) is 22.8 Å². The van der Waals surface area contributed by atoms with Gasteiger partial charge in [-0.3, -0.25) is 14.4 Å². The van der Waals surface area contributed by atoms with Gasteiger partial charge in [0.2, 0.25) is 15.9 Å². The topological polar surface area (TPSA) is 121 Å². The van der Waals surface area contributed by atoms with E-state index in [1.165, 1.54) is 0 Å². The molecule has 0 spiro atoms. The number of sulfonamides is 1. The molecule has 150 valence electrons. The van der Waals surface area contributed by atoms with Crippen molar-refractivity contribution in [2.24, 2.45) is 0 Å². The monoisotopic (exact) mass is 392 g/mol. The second-order valence-electron chi connectivity index (χ2n) is 7.24. The zero-order valence-electron chi connectivity index (χ0n) is 15.7. The van der Waals surface area contributed by atoms with Gasteiger partial charge in [-0.25, -0.2) is 8.42 Å². The molecule has 1 heterocycles. The number of nitrogens with zero attached hydrogens (tertiary/aromatic N) is 2. The quantitative estimate of drug-likeness (QED) is 0.595. The number of carboxylic acid groups (broad SMARTS) is 1. The highest BCUT2D eigenvalue weighted by molar-refractivity contribution is 7.89. The molecule has 0 aromatic heterocycles. The van der Waals surface area contributed by atoms with Crippen molar-refractivity contribution in [3.63, 3.8) is 0 Å². The SMILES string of the molecule is CCCCS(=O)(=O)N1CCN(CC(=O)OC(C)(C)C)C(=O)C1CC(=O)O. The van der Waals surface area contributed by atoms with Gasteiger partial charge in [0.1, 0.15) is 18.2 Å². The second-order valence-corrected chi connectivity index (χ2v) is 9.28. The van der Waals surface area contributed by atoms with Crippen LogP contribution in [0.3, 0.4) is 0 Å². The highest BCUT2D eigenvalue weighted by Gasteiger charge is 2.42. The molecule has 26 heavy (non-hydrogen) atoms. The Balaban J connectivity index is 2.95. The van der Waals surface area contributed by atoms with E-state index in [0.717, 1.165) is 9.21 Å². The van der Waals surface area contributed by atoms with Crippen molar-refractivity contribution in [1.29, 1.82) is 0 Å². The van der Waals surface area contributed by atoms with Crippen LogP contribution in [0.25, 0.3) is 0 Å². The zero-order chi connectivity index (χ0) is 20.1. The van der Waals surface area contributed by atoms with Crippen LogP contribution in [0, 0.1) is 0 Å². The summed E-state index contributed by atoms with van der Waals surface area (Å²) in [7, 11) is -3.75. The lowest BCUT2D eigenvalue weighted by atomic mass is 10.1. The minimum atomic E-state index is -3.75. The average molecular weight is 392 g/mol. The first-order valence-corrected chi connectivity index (χ1v) is 10.2. The highest BCUT2D eigenvalue weighted by Crippen LogP contribution is 2.20. The number of hydrogen-bond acceptors (Lipinski definition) is 6. The number of esters is 1.